The van der Waals surface area contributed by atoms with Crippen LogP contribution >= 0.6 is 0 Å². The summed E-state index contributed by atoms with van der Waals surface area (Å²) in [7, 11) is 3.65. The second-order valence-electron chi connectivity index (χ2n) is 7.53. The van der Waals surface area contributed by atoms with Crippen LogP contribution in [-0.2, 0) is 9.59 Å². The molecule has 1 aliphatic heterocycles. The molecule has 1 saturated heterocycles. The third-order valence-corrected chi connectivity index (χ3v) is 4.97. The highest BCUT2D eigenvalue weighted by molar-refractivity contribution is 5.82. The molecule has 1 saturated carbocycles. The minimum atomic E-state index is 0.0328. The van der Waals surface area contributed by atoms with Crippen molar-refractivity contribution in [3.8, 4) is 0 Å². The zero-order valence-electron chi connectivity index (χ0n) is 17.1. The molecule has 8 nitrogen and oxygen atoms in total. The van der Waals surface area contributed by atoms with Crippen molar-refractivity contribution in [2.24, 2.45) is 10.9 Å². The predicted octanol–water partition coefficient (Wildman–Crippen LogP) is 0.0104. The second kappa shape index (κ2) is 11.1. The van der Waals surface area contributed by atoms with Crippen LogP contribution in [0.25, 0.3) is 0 Å². The van der Waals surface area contributed by atoms with Crippen molar-refractivity contribution in [3.05, 3.63) is 0 Å². The van der Waals surface area contributed by atoms with Gasteiger partial charge >= 0.3 is 0 Å². The van der Waals surface area contributed by atoms with Gasteiger partial charge in [-0.1, -0.05) is 0 Å². The van der Waals surface area contributed by atoms with E-state index in [4.69, 9.17) is 0 Å². The minimum absolute atomic E-state index is 0.0328. The number of rotatable bonds is 10. The van der Waals surface area contributed by atoms with Crippen LogP contribution < -0.4 is 16.0 Å². The fourth-order valence-corrected chi connectivity index (χ4v) is 3.33. The molecular weight excluding hydrogens is 344 g/mol. The summed E-state index contributed by atoms with van der Waals surface area (Å²) >= 11 is 0. The number of nitrogens with one attached hydrogen (secondary N) is 3. The largest absolute Gasteiger partial charge is 0.357 e. The van der Waals surface area contributed by atoms with Gasteiger partial charge in [-0.3, -0.25) is 19.5 Å². The van der Waals surface area contributed by atoms with Gasteiger partial charge in [-0.05, 0) is 45.6 Å². The van der Waals surface area contributed by atoms with Crippen LogP contribution in [0, 0.1) is 5.92 Å². The van der Waals surface area contributed by atoms with E-state index in [2.05, 4.69) is 25.8 Å². The summed E-state index contributed by atoms with van der Waals surface area (Å²) in [5.41, 5.74) is 0. The van der Waals surface area contributed by atoms with Crippen LogP contribution in [0.4, 0.5) is 0 Å². The standard InChI is InChI=1S/C19H36N6O2/c1-4-20-19(23-12-11-21-17(26)15-8-9-15)22-10-6-14-25-13-5-7-16(25)18(27)24(2)3/h15-16H,4-14H2,1-3H3,(H,21,26)(H2,20,22,23). The lowest BCUT2D eigenvalue weighted by molar-refractivity contribution is -0.133. The van der Waals surface area contributed by atoms with Crippen molar-refractivity contribution in [1.82, 2.24) is 25.8 Å². The Bertz CT molecular complexity index is 518. The van der Waals surface area contributed by atoms with Gasteiger partial charge in [0.15, 0.2) is 5.96 Å². The van der Waals surface area contributed by atoms with Crippen molar-refractivity contribution < 1.29 is 9.59 Å². The second-order valence-corrected chi connectivity index (χ2v) is 7.53. The Balaban J connectivity index is 1.66. The van der Waals surface area contributed by atoms with Crippen molar-refractivity contribution in [3.63, 3.8) is 0 Å². The fraction of sp³-hybridized carbons (Fsp3) is 0.842. The molecule has 1 unspecified atom stereocenters. The molecule has 2 amide bonds. The monoisotopic (exact) mass is 380 g/mol. The molecule has 27 heavy (non-hydrogen) atoms. The van der Waals surface area contributed by atoms with Gasteiger partial charge in [0.25, 0.3) is 0 Å². The van der Waals surface area contributed by atoms with E-state index in [0.717, 1.165) is 57.7 Å². The molecular formula is C19H36N6O2. The molecule has 2 fully saturated rings. The predicted molar refractivity (Wildman–Crippen MR) is 108 cm³/mol. The van der Waals surface area contributed by atoms with E-state index < -0.39 is 0 Å². The molecule has 2 rings (SSSR count). The third kappa shape index (κ3) is 7.36. The van der Waals surface area contributed by atoms with Gasteiger partial charge < -0.3 is 20.9 Å². The molecule has 0 aromatic heterocycles. The van der Waals surface area contributed by atoms with Crippen LogP contribution in [-0.4, -0.2) is 87.0 Å². The summed E-state index contributed by atoms with van der Waals surface area (Å²) in [6.07, 6.45) is 5.02. The van der Waals surface area contributed by atoms with E-state index in [0.29, 0.717) is 19.6 Å². The van der Waals surface area contributed by atoms with Gasteiger partial charge in [-0.15, -0.1) is 0 Å². The summed E-state index contributed by atoms with van der Waals surface area (Å²) in [5, 5.41) is 9.43. The quantitative estimate of drug-likeness (QED) is 0.282. The Kier molecular flexibility index (Phi) is 8.84. The van der Waals surface area contributed by atoms with Crippen LogP contribution in [0.15, 0.2) is 4.99 Å². The highest BCUT2D eigenvalue weighted by atomic mass is 16.2. The van der Waals surface area contributed by atoms with E-state index in [9.17, 15) is 9.59 Å². The maximum absolute atomic E-state index is 12.2. The average Bonchev–Trinajstić information content (AvgIpc) is 3.40. The number of guanidine groups is 1. The van der Waals surface area contributed by atoms with Crippen LogP contribution in [0.1, 0.15) is 39.0 Å². The molecule has 0 aromatic rings. The number of hydrogen-bond acceptors (Lipinski definition) is 4. The normalized spacial score (nSPS) is 20.4. The third-order valence-electron chi connectivity index (χ3n) is 4.97. The molecule has 154 valence electrons. The number of aliphatic imine (C=N–C) groups is 1. The molecule has 8 heteroatoms. The van der Waals surface area contributed by atoms with Gasteiger partial charge in [-0.2, -0.15) is 0 Å². The maximum Gasteiger partial charge on any atom is 0.239 e. The summed E-state index contributed by atoms with van der Waals surface area (Å²) in [5.74, 6) is 1.41. The fourth-order valence-electron chi connectivity index (χ4n) is 3.33. The van der Waals surface area contributed by atoms with Gasteiger partial charge in [0.1, 0.15) is 0 Å². The number of amides is 2. The highest BCUT2D eigenvalue weighted by Crippen LogP contribution is 2.28. The van der Waals surface area contributed by atoms with Crippen LogP contribution in [0.2, 0.25) is 0 Å². The number of hydrogen-bond donors (Lipinski definition) is 3. The molecule has 1 heterocycles. The van der Waals surface area contributed by atoms with Crippen LogP contribution in [0.3, 0.4) is 0 Å². The molecule has 0 aromatic carbocycles. The Morgan fingerprint density at radius 1 is 1.11 bits per heavy atom. The average molecular weight is 381 g/mol. The first kappa shape index (κ1) is 21.5. The van der Waals surface area contributed by atoms with Crippen molar-refractivity contribution in [2.45, 2.75) is 45.1 Å². The molecule has 2 aliphatic rings. The molecule has 1 atom stereocenters. The summed E-state index contributed by atoms with van der Waals surface area (Å²) < 4.78 is 0. The first-order valence-corrected chi connectivity index (χ1v) is 10.3. The SMILES string of the molecule is CCNC(=NCCCN1CCCC1C(=O)N(C)C)NCCNC(=O)C1CC1. The smallest absolute Gasteiger partial charge is 0.239 e. The number of likely N-dealkylation sites (tertiary alicyclic amines) is 1. The van der Waals surface area contributed by atoms with Crippen LogP contribution in [0.5, 0.6) is 0 Å². The highest BCUT2D eigenvalue weighted by Gasteiger charge is 2.31. The number of likely N-dealkylation sites (N-methyl/N-ethyl adjacent to an activating group) is 1. The molecule has 0 spiro atoms. The number of nitrogens with zero attached hydrogens (tertiary/aromatic N) is 3. The van der Waals surface area contributed by atoms with Gasteiger partial charge in [-0.25, -0.2) is 0 Å². The molecule has 0 bridgehead atoms. The molecule has 3 N–H and O–H groups in total. The lowest BCUT2D eigenvalue weighted by atomic mass is 10.2. The minimum Gasteiger partial charge on any atom is -0.357 e. The Morgan fingerprint density at radius 2 is 1.85 bits per heavy atom. The summed E-state index contributed by atoms with van der Waals surface area (Å²) in [6.45, 7) is 6.71. The lowest BCUT2D eigenvalue weighted by Gasteiger charge is -2.25. The van der Waals surface area contributed by atoms with E-state index in [1.807, 2.05) is 21.0 Å². The Morgan fingerprint density at radius 3 is 2.52 bits per heavy atom. The maximum atomic E-state index is 12.2. The topological polar surface area (TPSA) is 89.1 Å². The van der Waals surface area contributed by atoms with Gasteiger partial charge in [0.2, 0.25) is 11.8 Å². The Hall–Kier alpha value is -1.83. The molecule has 0 radical (unpaired) electrons. The first-order chi connectivity index (χ1) is 13.0. The lowest BCUT2D eigenvalue weighted by Crippen LogP contribution is -2.43. The van der Waals surface area contributed by atoms with E-state index in [-0.39, 0.29) is 23.8 Å². The molecule has 1 aliphatic carbocycles. The zero-order valence-corrected chi connectivity index (χ0v) is 17.1. The van der Waals surface area contributed by atoms with Crippen molar-refractivity contribution >= 4 is 17.8 Å². The van der Waals surface area contributed by atoms with Crippen molar-refractivity contribution in [2.75, 3.05) is 53.4 Å². The zero-order chi connectivity index (χ0) is 19.6. The summed E-state index contributed by atoms with van der Waals surface area (Å²) in [6, 6.07) is 0.0328. The van der Waals surface area contributed by atoms with Gasteiger partial charge in [0, 0.05) is 52.7 Å². The number of carbonyl (C=O) groups excluding carboxylic acids is 2. The van der Waals surface area contributed by atoms with E-state index in [1.165, 1.54) is 0 Å². The van der Waals surface area contributed by atoms with Crippen molar-refractivity contribution in [1.29, 1.82) is 0 Å². The van der Waals surface area contributed by atoms with E-state index >= 15 is 0 Å². The first-order valence-electron chi connectivity index (χ1n) is 10.3. The van der Waals surface area contributed by atoms with E-state index in [1.54, 1.807) is 4.90 Å². The number of carbonyl (C=O) groups is 2. The summed E-state index contributed by atoms with van der Waals surface area (Å²) in [4.78, 5) is 32.4. The Labute approximate surface area is 163 Å². The van der Waals surface area contributed by atoms with Gasteiger partial charge in [0.05, 0.1) is 6.04 Å².